The number of anilines is 3. The smallest absolute Gasteiger partial charge is 0.178 e. The van der Waals surface area contributed by atoms with E-state index >= 15 is 0 Å². The van der Waals surface area contributed by atoms with Crippen LogP contribution in [0.5, 0.6) is 0 Å². The van der Waals surface area contributed by atoms with Gasteiger partial charge in [0.2, 0.25) is 0 Å². The number of hydrogen-bond donors (Lipinski definition) is 0. The van der Waals surface area contributed by atoms with Crippen LogP contribution in [0.2, 0.25) is 0 Å². The molecule has 4 heterocycles. The Morgan fingerprint density at radius 1 is 0.556 bits per heavy atom. The number of allylic oxidation sites excluding steroid dienone is 4. The maximum absolute atomic E-state index is 4.94. The van der Waals surface area contributed by atoms with Crippen molar-refractivity contribution in [3.05, 3.63) is 211 Å². The summed E-state index contributed by atoms with van der Waals surface area (Å²) >= 11 is 0. The zero-order chi connectivity index (χ0) is 35.6. The second-order valence-electron chi connectivity index (χ2n) is 14.1. The van der Waals surface area contributed by atoms with Gasteiger partial charge in [0, 0.05) is 47.5 Å². The van der Waals surface area contributed by atoms with Gasteiger partial charge in [0.15, 0.2) is 5.82 Å². The van der Waals surface area contributed by atoms with E-state index in [4.69, 9.17) is 9.97 Å². The van der Waals surface area contributed by atoms with Crippen molar-refractivity contribution >= 4 is 50.0 Å². The van der Waals surface area contributed by atoms with Crippen molar-refractivity contribution < 1.29 is 0 Å². The van der Waals surface area contributed by atoms with E-state index in [1.807, 2.05) is 18.5 Å². The number of nitrogens with zero attached hydrogens (tertiary/aromatic N) is 5. The normalized spacial score (nSPS) is 18.4. The average Bonchev–Trinajstić information content (AvgIpc) is 3.76. The van der Waals surface area contributed by atoms with Gasteiger partial charge in [-0.25, -0.2) is 9.97 Å². The van der Waals surface area contributed by atoms with Gasteiger partial charge >= 0.3 is 0 Å². The Morgan fingerprint density at radius 2 is 1.20 bits per heavy atom. The van der Waals surface area contributed by atoms with Crippen LogP contribution in [0.4, 0.5) is 17.1 Å². The van der Waals surface area contributed by atoms with Crippen LogP contribution in [-0.4, -0.2) is 27.5 Å². The minimum absolute atomic E-state index is 0.177. The van der Waals surface area contributed by atoms with Gasteiger partial charge in [-0.05, 0) is 86.8 Å². The predicted molar refractivity (Wildman–Crippen MR) is 222 cm³/mol. The highest BCUT2D eigenvalue weighted by atomic mass is 15.4. The number of aromatic nitrogens is 2. The van der Waals surface area contributed by atoms with Crippen molar-refractivity contribution in [1.82, 2.24) is 14.9 Å². The summed E-state index contributed by atoms with van der Waals surface area (Å²) in [6.07, 6.45) is 19.5. The Balaban J connectivity index is 1.31. The minimum Gasteiger partial charge on any atom is -0.333 e. The Kier molecular flexibility index (Phi) is 6.99. The molecule has 54 heavy (non-hydrogen) atoms. The molecule has 2 atom stereocenters. The zero-order valence-corrected chi connectivity index (χ0v) is 29.5. The second kappa shape index (κ2) is 12.3. The summed E-state index contributed by atoms with van der Waals surface area (Å²) < 4.78 is 0. The maximum atomic E-state index is 4.94. The van der Waals surface area contributed by atoms with Crippen molar-refractivity contribution in [3.8, 4) is 11.1 Å². The van der Waals surface area contributed by atoms with Gasteiger partial charge in [-0.15, -0.1) is 0 Å². The lowest BCUT2D eigenvalue weighted by molar-refractivity contribution is 0.547. The van der Waals surface area contributed by atoms with Crippen LogP contribution in [0.3, 0.4) is 0 Å². The summed E-state index contributed by atoms with van der Waals surface area (Å²) in [6.45, 7) is 0.724. The summed E-state index contributed by atoms with van der Waals surface area (Å²) in [4.78, 5) is 17.2. The first-order chi connectivity index (χ1) is 26.8. The standard InChI is InChI=1S/C49H35N5/c1-4-17-33(18-5-1)45-37-24-10-11-25-38(37)46(40-31-39-36-23-12-13-26-42(36)53(43(39)32-41(40)45)34-19-6-2-7-20-34)47-48(49-50-28-16-29-51-49)54(35-21-8-3-9-22-35)44-27-14-15-30-52(44)47/h1-29,31-32,36,42H,30H2. The molecule has 2 unspecified atom stereocenters. The van der Waals surface area contributed by atoms with E-state index < -0.39 is 0 Å². The Morgan fingerprint density at radius 3 is 1.96 bits per heavy atom. The third kappa shape index (κ3) is 4.58. The van der Waals surface area contributed by atoms with Gasteiger partial charge < -0.3 is 9.80 Å². The molecule has 3 aliphatic heterocycles. The first kappa shape index (κ1) is 30.6. The van der Waals surface area contributed by atoms with Crippen molar-refractivity contribution in [2.24, 2.45) is 0 Å². The van der Waals surface area contributed by atoms with Crippen LogP contribution in [0.25, 0.3) is 44.1 Å². The lowest BCUT2D eigenvalue weighted by atomic mass is 9.84. The number of rotatable bonds is 5. The van der Waals surface area contributed by atoms with Gasteiger partial charge in [-0.3, -0.25) is 4.90 Å². The van der Waals surface area contributed by atoms with E-state index in [0.29, 0.717) is 5.82 Å². The number of benzene rings is 6. The largest absolute Gasteiger partial charge is 0.333 e. The SMILES string of the molecule is C1=CCN2C(=C1)N(c1ccccc1)C(c1ncccn1)=C2c1c2ccccc2c(-c2ccccc2)c2cc3c(cc12)C1C=CC=CC1N3c1ccccc1. The molecule has 1 aliphatic carbocycles. The topological polar surface area (TPSA) is 35.5 Å². The molecule has 4 aliphatic rings. The van der Waals surface area contributed by atoms with Gasteiger partial charge in [0.1, 0.15) is 11.5 Å². The molecule has 0 amide bonds. The van der Waals surface area contributed by atoms with Crippen molar-refractivity contribution in [2.75, 3.05) is 16.3 Å². The number of hydrogen-bond acceptors (Lipinski definition) is 5. The maximum Gasteiger partial charge on any atom is 0.178 e. The molecule has 0 saturated heterocycles. The Hall–Kier alpha value is -6.98. The lowest BCUT2D eigenvalue weighted by Gasteiger charge is -2.29. The lowest BCUT2D eigenvalue weighted by Crippen LogP contribution is -2.28. The molecular formula is C49H35N5. The van der Waals surface area contributed by atoms with E-state index in [2.05, 4.69) is 185 Å². The van der Waals surface area contributed by atoms with Crippen molar-refractivity contribution in [2.45, 2.75) is 12.0 Å². The van der Waals surface area contributed by atoms with E-state index in [0.717, 1.165) is 29.4 Å². The quantitative estimate of drug-likeness (QED) is 0.168. The molecule has 5 heteroatoms. The first-order valence-corrected chi connectivity index (χ1v) is 18.6. The molecular weight excluding hydrogens is 659 g/mol. The molecule has 0 spiro atoms. The third-order valence-electron chi connectivity index (χ3n) is 11.2. The van der Waals surface area contributed by atoms with Gasteiger partial charge in [-0.1, -0.05) is 127 Å². The average molecular weight is 694 g/mol. The van der Waals surface area contributed by atoms with Crippen LogP contribution < -0.4 is 9.80 Å². The Bertz CT molecular complexity index is 2750. The van der Waals surface area contributed by atoms with E-state index in [-0.39, 0.29) is 12.0 Å². The molecule has 0 fully saturated rings. The number of fused-ring (bicyclic) bond motifs is 6. The molecule has 0 saturated carbocycles. The van der Waals surface area contributed by atoms with Crippen molar-refractivity contribution in [1.29, 1.82) is 0 Å². The second-order valence-corrected chi connectivity index (χ2v) is 14.1. The van der Waals surface area contributed by atoms with Crippen molar-refractivity contribution in [3.63, 3.8) is 0 Å². The molecule has 0 bridgehead atoms. The summed E-state index contributed by atoms with van der Waals surface area (Å²) in [5.74, 6) is 1.98. The van der Waals surface area contributed by atoms with E-state index in [1.54, 1.807) is 0 Å². The molecule has 0 N–H and O–H groups in total. The highest BCUT2D eigenvalue weighted by Crippen LogP contribution is 2.55. The molecule has 6 aromatic carbocycles. The van der Waals surface area contributed by atoms with Crippen LogP contribution in [-0.2, 0) is 0 Å². The molecule has 0 radical (unpaired) electrons. The Labute approximate surface area is 314 Å². The first-order valence-electron chi connectivity index (χ1n) is 18.6. The van der Waals surface area contributed by atoms with E-state index in [9.17, 15) is 0 Å². The monoisotopic (exact) mass is 693 g/mol. The van der Waals surface area contributed by atoms with Crippen LogP contribution >= 0.6 is 0 Å². The molecule has 5 nitrogen and oxygen atoms in total. The van der Waals surface area contributed by atoms with Crippen LogP contribution in [0.1, 0.15) is 22.9 Å². The highest BCUT2D eigenvalue weighted by molar-refractivity contribution is 6.22. The fourth-order valence-electron chi connectivity index (χ4n) is 9.04. The van der Waals surface area contributed by atoms with Crippen LogP contribution in [0, 0.1) is 0 Å². The van der Waals surface area contributed by atoms with Gasteiger partial charge in [-0.2, -0.15) is 0 Å². The summed E-state index contributed by atoms with van der Waals surface area (Å²) in [5.41, 5.74) is 10.6. The third-order valence-corrected chi connectivity index (χ3v) is 11.2. The van der Waals surface area contributed by atoms with Gasteiger partial charge in [0.05, 0.1) is 11.7 Å². The molecule has 256 valence electrons. The van der Waals surface area contributed by atoms with E-state index in [1.165, 1.54) is 55.2 Å². The minimum atomic E-state index is 0.177. The van der Waals surface area contributed by atoms with Gasteiger partial charge in [0.25, 0.3) is 0 Å². The summed E-state index contributed by atoms with van der Waals surface area (Å²) in [7, 11) is 0. The molecule has 1 aromatic heterocycles. The predicted octanol–water partition coefficient (Wildman–Crippen LogP) is 11.2. The zero-order valence-electron chi connectivity index (χ0n) is 29.5. The fourth-order valence-corrected chi connectivity index (χ4v) is 9.04. The molecule has 7 aromatic rings. The molecule has 11 rings (SSSR count). The fraction of sp³-hybridized carbons (Fsp3) is 0.0612. The van der Waals surface area contributed by atoms with Crippen LogP contribution in [0.15, 0.2) is 194 Å². The summed E-state index contributed by atoms with van der Waals surface area (Å²) in [6, 6.07) is 48.4. The highest BCUT2D eigenvalue weighted by Gasteiger charge is 2.42. The summed E-state index contributed by atoms with van der Waals surface area (Å²) in [5, 5.41) is 4.85. The number of para-hydroxylation sites is 2.